The summed E-state index contributed by atoms with van der Waals surface area (Å²) < 4.78 is 0. The highest BCUT2D eigenvalue weighted by Crippen LogP contribution is 2.32. The Morgan fingerprint density at radius 1 is 1.22 bits per heavy atom. The second-order valence-corrected chi connectivity index (χ2v) is 5.96. The lowest BCUT2D eigenvalue weighted by Gasteiger charge is -2.11. The van der Waals surface area contributed by atoms with Crippen LogP contribution in [0.5, 0.6) is 0 Å². The van der Waals surface area contributed by atoms with E-state index in [1.165, 1.54) is 37.7 Å². The van der Waals surface area contributed by atoms with Crippen molar-refractivity contribution in [3.05, 3.63) is 48.0 Å². The van der Waals surface area contributed by atoms with E-state index in [1.54, 1.807) is 0 Å². The van der Waals surface area contributed by atoms with Gasteiger partial charge in [-0.25, -0.2) is 0 Å². The molecule has 0 bridgehead atoms. The molecule has 0 N–H and O–H groups in total. The van der Waals surface area contributed by atoms with E-state index in [1.807, 2.05) is 0 Å². The van der Waals surface area contributed by atoms with Crippen LogP contribution < -0.4 is 0 Å². The molecule has 3 atom stereocenters. The molecule has 98 valence electrons. The summed E-state index contributed by atoms with van der Waals surface area (Å²) in [6, 6.07) is 10.8. The average Bonchev–Trinajstić information content (AvgIpc) is 2.81. The molecule has 0 heterocycles. The standard InChI is InChI=1S/C18H26/c1-15(11-13-17-8-4-3-5-9-17)12-14-18-10-6-7-16(18)2/h3-5,8-9,12,14-16,18H,6-7,10-11,13H2,1-2H3/b14-12+/t15-,16-,18+/m1/s1. The number of rotatable bonds is 5. The molecular formula is C18H26. The molecule has 0 unspecified atom stereocenters. The second kappa shape index (κ2) is 6.78. The minimum Gasteiger partial charge on any atom is -0.0854 e. The van der Waals surface area contributed by atoms with Gasteiger partial charge < -0.3 is 0 Å². The summed E-state index contributed by atoms with van der Waals surface area (Å²) in [7, 11) is 0. The van der Waals surface area contributed by atoms with Gasteiger partial charge in [-0.15, -0.1) is 0 Å². The topological polar surface area (TPSA) is 0 Å². The van der Waals surface area contributed by atoms with E-state index < -0.39 is 0 Å². The smallest absolute Gasteiger partial charge is 0.0208 e. The van der Waals surface area contributed by atoms with Crippen LogP contribution in [-0.2, 0) is 6.42 Å². The first-order valence-electron chi connectivity index (χ1n) is 7.48. The quantitative estimate of drug-likeness (QED) is 0.619. The van der Waals surface area contributed by atoms with Crippen molar-refractivity contribution in [1.82, 2.24) is 0 Å². The molecule has 0 spiro atoms. The monoisotopic (exact) mass is 242 g/mol. The van der Waals surface area contributed by atoms with Crippen LogP contribution in [0.1, 0.15) is 45.1 Å². The average molecular weight is 242 g/mol. The summed E-state index contributed by atoms with van der Waals surface area (Å²) in [6.07, 6.45) is 11.7. The van der Waals surface area contributed by atoms with Gasteiger partial charge in [-0.05, 0) is 42.6 Å². The molecule has 18 heavy (non-hydrogen) atoms. The van der Waals surface area contributed by atoms with Gasteiger partial charge in [0.2, 0.25) is 0 Å². The Labute approximate surface area is 112 Å². The van der Waals surface area contributed by atoms with Crippen molar-refractivity contribution < 1.29 is 0 Å². The highest BCUT2D eigenvalue weighted by Gasteiger charge is 2.20. The van der Waals surface area contributed by atoms with E-state index in [4.69, 9.17) is 0 Å². The first kappa shape index (κ1) is 13.4. The molecule has 0 amide bonds. The number of allylic oxidation sites excluding steroid dienone is 2. The summed E-state index contributed by atoms with van der Waals surface area (Å²) in [5.41, 5.74) is 1.46. The van der Waals surface area contributed by atoms with Crippen LogP contribution in [0.25, 0.3) is 0 Å². The van der Waals surface area contributed by atoms with Crippen molar-refractivity contribution >= 4 is 0 Å². The van der Waals surface area contributed by atoms with Crippen LogP contribution in [0, 0.1) is 17.8 Å². The van der Waals surface area contributed by atoms with Gasteiger partial charge in [0.15, 0.2) is 0 Å². The van der Waals surface area contributed by atoms with E-state index in [-0.39, 0.29) is 0 Å². The lowest BCUT2D eigenvalue weighted by Crippen LogP contribution is -2.01. The molecule has 1 aromatic carbocycles. The van der Waals surface area contributed by atoms with Gasteiger partial charge in [0, 0.05) is 0 Å². The second-order valence-electron chi connectivity index (χ2n) is 5.96. The van der Waals surface area contributed by atoms with Crippen LogP contribution in [-0.4, -0.2) is 0 Å². The number of hydrogen-bond donors (Lipinski definition) is 0. The summed E-state index contributed by atoms with van der Waals surface area (Å²) >= 11 is 0. The van der Waals surface area contributed by atoms with E-state index in [0.29, 0.717) is 5.92 Å². The molecule has 2 rings (SSSR count). The van der Waals surface area contributed by atoms with Crippen LogP contribution in [0.15, 0.2) is 42.5 Å². The summed E-state index contributed by atoms with van der Waals surface area (Å²) in [6.45, 7) is 4.75. The van der Waals surface area contributed by atoms with Crippen LogP contribution >= 0.6 is 0 Å². The van der Waals surface area contributed by atoms with Gasteiger partial charge in [-0.1, -0.05) is 69.2 Å². The Morgan fingerprint density at radius 3 is 2.67 bits per heavy atom. The molecule has 0 saturated heterocycles. The van der Waals surface area contributed by atoms with Crippen LogP contribution in [0.4, 0.5) is 0 Å². The normalized spacial score (nSPS) is 25.7. The first-order chi connectivity index (χ1) is 8.75. The van der Waals surface area contributed by atoms with E-state index >= 15 is 0 Å². The predicted molar refractivity (Wildman–Crippen MR) is 79.6 cm³/mol. The van der Waals surface area contributed by atoms with Crippen molar-refractivity contribution in [2.24, 2.45) is 17.8 Å². The molecule has 0 aliphatic heterocycles. The molecular weight excluding hydrogens is 216 g/mol. The predicted octanol–water partition coefficient (Wildman–Crippen LogP) is 5.25. The minimum absolute atomic E-state index is 0.706. The molecule has 1 aliphatic rings. The molecule has 0 heteroatoms. The Balaban J connectivity index is 1.75. The van der Waals surface area contributed by atoms with Crippen molar-refractivity contribution in [1.29, 1.82) is 0 Å². The highest BCUT2D eigenvalue weighted by atomic mass is 14.3. The maximum absolute atomic E-state index is 2.49. The Morgan fingerprint density at radius 2 is 2.00 bits per heavy atom. The van der Waals surface area contributed by atoms with Crippen molar-refractivity contribution in [2.75, 3.05) is 0 Å². The molecule has 1 aromatic rings. The van der Waals surface area contributed by atoms with E-state index in [0.717, 1.165) is 11.8 Å². The zero-order chi connectivity index (χ0) is 12.8. The lowest BCUT2D eigenvalue weighted by molar-refractivity contribution is 0.498. The molecule has 0 radical (unpaired) electrons. The molecule has 1 saturated carbocycles. The van der Waals surface area contributed by atoms with E-state index in [9.17, 15) is 0 Å². The van der Waals surface area contributed by atoms with Gasteiger partial charge in [0.25, 0.3) is 0 Å². The third-order valence-corrected chi connectivity index (χ3v) is 4.35. The van der Waals surface area contributed by atoms with Crippen LogP contribution in [0.3, 0.4) is 0 Å². The summed E-state index contributed by atoms with van der Waals surface area (Å²) in [5, 5.41) is 0. The molecule has 0 aromatic heterocycles. The lowest BCUT2D eigenvalue weighted by atomic mass is 9.94. The fourth-order valence-electron chi connectivity index (χ4n) is 2.93. The van der Waals surface area contributed by atoms with Crippen molar-refractivity contribution in [2.45, 2.75) is 46.0 Å². The van der Waals surface area contributed by atoms with Gasteiger partial charge in [-0.2, -0.15) is 0 Å². The van der Waals surface area contributed by atoms with Gasteiger partial charge in [0.1, 0.15) is 0 Å². The zero-order valence-electron chi connectivity index (χ0n) is 11.8. The van der Waals surface area contributed by atoms with Crippen molar-refractivity contribution in [3.8, 4) is 0 Å². The first-order valence-corrected chi connectivity index (χ1v) is 7.48. The molecule has 0 nitrogen and oxygen atoms in total. The molecule has 1 aliphatic carbocycles. The number of aryl methyl sites for hydroxylation is 1. The number of hydrogen-bond acceptors (Lipinski definition) is 0. The van der Waals surface area contributed by atoms with Gasteiger partial charge >= 0.3 is 0 Å². The third kappa shape index (κ3) is 4.01. The largest absolute Gasteiger partial charge is 0.0854 e. The number of benzene rings is 1. The zero-order valence-corrected chi connectivity index (χ0v) is 11.8. The summed E-state index contributed by atoms with van der Waals surface area (Å²) in [5.74, 6) is 2.46. The minimum atomic E-state index is 0.706. The fourth-order valence-corrected chi connectivity index (χ4v) is 2.93. The summed E-state index contributed by atoms with van der Waals surface area (Å²) in [4.78, 5) is 0. The Kier molecular flexibility index (Phi) is 5.04. The maximum atomic E-state index is 2.49. The van der Waals surface area contributed by atoms with Crippen molar-refractivity contribution in [3.63, 3.8) is 0 Å². The fraction of sp³-hybridized carbons (Fsp3) is 0.556. The van der Waals surface area contributed by atoms with E-state index in [2.05, 4.69) is 56.3 Å². The maximum Gasteiger partial charge on any atom is -0.0208 e. The Hall–Kier alpha value is -1.04. The van der Waals surface area contributed by atoms with Crippen LogP contribution in [0.2, 0.25) is 0 Å². The highest BCUT2D eigenvalue weighted by molar-refractivity contribution is 5.14. The Bertz CT molecular complexity index is 363. The molecule has 1 fully saturated rings. The SMILES string of the molecule is C[C@@H]1CCC[C@H]1/C=C/[C@H](C)CCc1ccccc1. The third-order valence-electron chi connectivity index (χ3n) is 4.35. The van der Waals surface area contributed by atoms with Gasteiger partial charge in [0.05, 0.1) is 0 Å². The van der Waals surface area contributed by atoms with Gasteiger partial charge in [-0.3, -0.25) is 0 Å².